The molecule has 1 amide bonds. The lowest BCUT2D eigenvalue weighted by molar-refractivity contribution is -0.142. The number of hydrogen-bond acceptors (Lipinski definition) is 4. The number of hydrogen-bond donors (Lipinski definition) is 0. The average Bonchev–Trinajstić information content (AvgIpc) is 3.20. The van der Waals surface area contributed by atoms with Gasteiger partial charge >= 0.3 is 0 Å². The maximum Gasteiger partial charge on any atom is 0.252 e. The predicted molar refractivity (Wildman–Crippen MR) is 76.2 cm³/mol. The molecule has 0 N–H and O–H groups in total. The van der Waals surface area contributed by atoms with E-state index in [9.17, 15) is 4.79 Å². The molecule has 1 saturated heterocycles. The van der Waals surface area contributed by atoms with Crippen LogP contribution in [0, 0.1) is 0 Å². The molecule has 5 nitrogen and oxygen atoms in total. The third kappa shape index (κ3) is 3.49. The molecule has 3 rings (SSSR count). The Hall–Kier alpha value is -2.14. The third-order valence-corrected chi connectivity index (χ3v) is 3.54. The van der Waals surface area contributed by atoms with Gasteiger partial charge in [0.1, 0.15) is 11.9 Å². The molecule has 2 aromatic heterocycles. The lowest BCUT2D eigenvalue weighted by Crippen LogP contribution is -2.38. The summed E-state index contributed by atoms with van der Waals surface area (Å²) >= 11 is 0. The summed E-state index contributed by atoms with van der Waals surface area (Å²) in [4.78, 5) is 18.5. The minimum atomic E-state index is -0.323. The topological polar surface area (TPSA) is 55.6 Å². The fourth-order valence-electron chi connectivity index (χ4n) is 2.49. The van der Waals surface area contributed by atoms with Crippen LogP contribution in [0.2, 0.25) is 0 Å². The van der Waals surface area contributed by atoms with Crippen molar-refractivity contribution < 1.29 is 13.9 Å². The standard InChI is InChI=1S/C16H18N2O3/c19-16(15-6-3-9-21-15)18(12-14-5-2-8-20-14)11-13-4-1-7-17-10-13/h1-2,4-5,7-8,10,15H,3,6,9,11-12H2. The van der Waals surface area contributed by atoms with Crippen molar-refractivity contribution in [2.45, 2.75) is 32.0 Å². The van der Waals surface area contributed by atoms with Crippen LogP contribution in [0.4, 0.5) is 0 Å². The summed E-state index contributed by atoms with van der Waals surface area (Å²) in [6.07, 6.45) is 6.53. The van der Waals surface area contributed by atoms with E-state index in [1.807, 2.05) is 24.3 Å². The Morgan fingerprint density at radius 3 is 2.95 bits per heavy atom. The van der Waals surface area contributed by atoms with Crippen LogP contribution < -0.4 is 0 Å². The summed E-state index contributed by atoms with van der Waals surface area (Å²) in [6.45, 7) is 1.62. The number of carbonyl (C=O) groups excluding carboxylic acids is 1. The first kappa shape index (κ1) is 13.8. The van der Waals surface area contributed by atoms with E-state index in [0.29, 0.717) is 19.7 Å². The largest absolute Gasteiger partial charge is 0.467 e. The molecule has 0 aromatic carbocycles. The second-order valence-electron chi connectivity index (χ2n) is 5.14. The van der Waals surface area contributed by atoms with Gasteiger partial charge in [-0.3, -0.25) is 9.78 Å². The Morgan fingerprint density at radius 2 is 2.29 bits per heavy atom. The minimum Gasteiger partial charge on any atom is -0.467 e. The Kier molecular flexibility index (Phi) is 4.31. The molecule has 21 heavy (non-hydrogen) atoms. The number of pyridine rings is 1. The number of carbonyl (C=O) groups is 1. The fourth-order valence-corrected chi connectivity index (χ4v) is 2.49. The first-order valence-corrected chi connectivity index (χ1v) is 7.14. The molecule has 1 atom stereocenters. The number of nitrogens with zero attached hydrogens (tertiary/aromatic N) is 2. The number of ether oxygens (including phenoxy) is 1. The van der Waals surface area contributed by atoms with Crippen molar-refractivity contribution in [2.24, 2.45) is 0 Å². The Bertz CT molecular complexity index is 562. The highest BCUT2D eigenvalue weighted by Crippen LogP contribution is 2.18. The van der Waals surface area contributed by atoms with Crippen LogP contribution in [0.3, 0.4) is 0 Å². The van der Waals surface area contributed by atoms with Gasteiger partial charge in [-0.1, -0.05) is 6.07 Å². The summed E-state index contributed by atoms with van der Waals surface area (Å²) in [5.74, 6) is 0.790. The molecule has 0 radical (unpaired) electrons. The van der Waals surface area contributed by atoms with Gasteiger partial charge in [-0.15, -0.1) is 0 Å². The van der Waals surface area contributed by atoms with Crippen molar-refractivity contribution in [3.8, 4) is 0 Å². The van der Waals surface area contributed by atoms with Crippen LogP contribution >= 0.6 is 0 Å². The SMILES string of the molecule is O=C(C1CCCO1)N(Cc1cccnc1)Cc1ccco1. The normalized spacial score (nSPS) is 17.8. The lowest BCUT2D eigenvalue weighted by atomic mass is 10.2. The van der Waals surface area contributed by atoms with Crippen LogP contribution in [0.25, 0.3) is 0 Å². The van der Waals surface area contributed by atoms with E-state index in [1.165, 1.54) is 0 Å². The molecule has 0 bridgehead atoms. The summed E-state index contributed by atoms with van der Waals surface area (Å²) in [7, 11) is 0. The van der Waals surface area contributed by atoms with Crippen LogP contribution in [-0.4, -0.2) is 28.5 Å². The summed E-state index contributed by atoms with van der Waals surface area (Å²) in [6, 6.07) is 7.54. The maximum atomic E-state index is 12.6. The molecule has 1 unspecified atom stereocenters. The molecule has 1 aliphatic rings. The zero-order chi connectivity index (χ0) is 14.5. The maximum absolute atomic E-state index is 12.6. The number of aromatic nitrogens is 1. The van der Waals surface area contributed by atoms with Gasteiger partial charge in [-0.2, -0.15) is 0 Å². The van der Waals surface area contributed by atoms with E-state index in [-0.39, 0.29) is 12.0 Å². The summed E-state index contributed by atoms with van der Waals surface area (Å²) in [5.41, 5.74) is 0.996. The number of amides is 1. The molecule has 1 aliphatic heterocycles. The first-order valence-electron chi connectivity index (χ1n) is 7.14. The van der Waals surface area contributed by atoms with Crippen molar-refractivity contribution in [3.63, 3.8) is 0 Å². The molecule has 110 valence electrons. The van der Waals surface area contributed by atoms with Crippen molar-refractivity contribution in [1.29, 1.82) is 0 Å². The summed E-state index contributed by atoms with van der Waals surface area (Å²) in [5, 5.41) is 0. The molecule has 0 saturated carbocycles. The molecule has 2 aromatic rings. The van der Waals surface area contributed by atoms with Crippen LogP contribution in [0.5, 0.6) is 0 Å². The second-order valence-corrected chi connectivity index (χ2v) is 5.14. The van der Waals surface area contributed by atoms with Gasteiger partial charge in [0.15, 0.2) is 0 Å². The Labute approximate surface area is 123 Å². The van der Waals surface area contributed by atoms with Crippen LogP contribution in [-0.2, 0) is 22.6 Å². The van der Waals surface area contributed by atoms with Crippen molar-refractivity contribution in [2.75, 3.05) is 6.61 Å². The zero-order valence-corrected chi connectivity index (χ0v) is 11.8. The Morgan fingerprint density at radius 1 is 1.33 bits per heavy atom. The quantitative estimate of drug-likeness (QED) is 0.847. The average molecular weight is 286 g/mol. The van der Waals surface area contributed by atoms with E-state index >= 15 is 0 Å². The van der Waals surface area contributed by atoms with E-state index in [2.05, 4.69) is 4.98 Å². The van der Waals surface area contributed by atoms with Crippen molar-refractivity contribution in [3.05, 3.63) is 54.2 Å². The van der Waals surface area contributed by atoms with Gasteiger partial charge in [0.25, 0.3) is 5.91 Å². The van der Waals surface area contributed by atoms with Crippen LogP contribution in [0.1, 0.15) is 24.2 Å². The minimum absolute atomic E-state index is 0.0211. The highest BCUT2D eigenvalue weighted by Gasteiger charge is 2.28. The molecule has 0 aliphatic carbocycles. The van der Waals surface area contributed by atoms with Crippen LogP contribution in [0.15, 0.2) is 47.3 Å². The van der Waals surface area contributed by atoms with Gasteiger partial charge in [0, 0.05) is 25.5 Å². The molecule has 5 heteroatoms. The van der Waals surface area contributed by atoms with E-state index < -0.39 is 0 Å². The second kappa shape index (κ2) is 6.54. The molecular formula is C16H18N2O3. The smallest absolute Gasteiger partial charge is 0.252 e. The molecule has 0 spiro atoms. The first-order chi connectivity index (χ1) is 10.3. The zero-order valence-electron chi connectivity index (χ0n) is 11.8. The highest BCUT2D eigenvalue weighted by atomic mass is 16.5. The van der Waals surface area contributed by atoms with Crippen molar-refractivity contribution >= 4 is 5.91 Å². The van der Waals surface area contributed by atoms with Gasteiger partial charge in [0.05, 0.1) is 12.8 Å². The number of furan rings is 1. The van der Waals surface area contributed by atoms with Crippen molar-refractivity contribution in [1.82, 2.24) is 9.88 Å². The predicted octanol–water partition coefficient (Wildman–Crippen LogP) is 2.38. The molecular weight excluding hydrogens is 268 g/mol. The van der Waals surface area contributed by atoms with E-state index in [4.69, 9.17) is 9.15 Å². The lowest BCUT2D eigenvalue weighted by Gasteiger charge is -2.24. The molecule has 3 heterocycles. The monoisotopic (exact) mass is 286 g/mol. The summed E-state index contributed by atoms with van der Waals surface area (Å²) < 4.78 is 10.9. The van der Waals surface area contributed by atoms with Gasteiger partial charge in [0.2, 0.25) is 0 Å². The number of rotatable bonds is 5. The van der Waals surface area contributed by atoms with E-state index in [1.54, 1.807) is 23.6 Å². The third-order valence-electron chi connectivity index (χ3n) is 3.54. The van der Waals surface area contributed by atoms with E-state index in [0.717, 1.165) is 24.2 Å². The highest BCUT2D eigenvalue weighted by molar-refractivity contribution is 5.81. The molecule has 1 fully saturated rings. The van der Waals surface area contributed by atoms with Gasteiger partial charge in [-0.25, -0.2) is 0 Å². The van der Waals surface area contributed by atoms with Gasteiger partial charge in [-0.05, 0) is 36.6 Å². The Balaban J connectivity index is 1.74. The van der Waals surface area contributed by atoms with Gasteiger partial charge < -0.3 is 14.1 Å². The fraction of sp³-hybridized carbons (Fsp3) is 0.375.